The molecule has 1 unspecified atom stereocenters. The Morgan fingerprint density at radius 3 is 3.05 bits per heavy atom. The first-order chi connectivity index (χ1) is 10.2. The molecule has 5 nitrogen and oxygen atoms in total. The predicted octanol–water partition coefficient (Wildman–Crippen LogP) is 2.16. The second-order valence-corrected chi connectivity index (χ2v) is 5.78. The highest BCUT2D eigenvalue weighted by molar-refractivity contribution is 5.71. The molecule has 1 aromatic carbocycles. The summed E-state index contributed by atoms with van der Waals surface area (Å²) in [6, 6.07) is 7.85. The van der Waals surface area contributed by atoms with Gasteiger partial charge in [-0.2, -0.15) is 0 Å². The molecule has 2 aliphatic heterocycles. The molecule has 3 rings (SSSR count). The van der Waals surface area contributed by atoms with Crippen LogP contribution in [0.5, 0.6) is 5.75 Å². The smallest absolute Gasteiger partial charge is 0.410 e. The molecule has 0 bridgehead atoms. The normalized spacial score (nSPS) is 25.8. The first-order valence-corrected chi connectivity index (χ1v) is 7.52. The number of nitrogens with one attached hydrogen (secondary N) is 1. The Bertz CT molecular complexity index is 510. The summed E-state index contributed by atoms with van der Waals surface area (Å²) < 4.78 is 10.8. The highest BCUT2D eigenvalue weighted by atomic mass is 16.6. The van der Waals surface area contributed by atoms with Gasteiger partial charge in [-0.05, 0) is 38.4 Å². The Balaban J connectivity index is 1.85. The van der Waals surface area contributed by atoms with Gasteiger partial charge in [-0.15, -0.1) is 0 Å². The van der Waals surface area contributed by atoms with Crippen molar-refractivity contribution in [3.8, 4) is 5.75 Å². The molecule has 5 heteroatoms. The summed E-state index contributed by atoms with van der Waals surface area (Å²) in [6.07, 6.45) is 2.79. The summed E-state index contributed by atoms with van der Waals surface area (Å²) >= 11 is 0. The zero-order valence-electron chi connectivity index (χ0n) is 12.4. The Hall–Kier alpha value is -1.75. The van der Waals surface area contributed by atoms with Gasteiger partial charge in [0.15, 0.2) is 0 Å². The van der Waals surface area contributed by atoms with Gasteiger partial charge in [0.05, 0.1) is 19.2 Å². The quantitative estimate of drug-likeness (QED) is 0.927. The number of methoxy groups -OCH3 is 1. The van der Waals surface area contributed by atoms with Gasteiger partial charge in [0.25, 0.3) is 0 Å². The number of ether oxygens (including phenoxy) is 2. The molecule has 0 aliphatic carbocycles. The number of amides is 1. The van der Waals surface area contributed by atoms with Gasteiger partial charge >= 0.3 is 6.09 Å². The van der Waals surface area contributed by atoms with E-state index in [1.807, 2.05) is 29.2 Å². The molecular weight excluding hydrogens is 268 g/mol. The summed E-state index contributed by atoms with van der Waals surface area (Å²) in [7, 11) is 1.66. The number of carbonyl (C=O) groups is 1. The number of nitrogens with zero attached hydrogens (tertiary/aromatic N) is 1. The third-order valence-corrected chi connectivity index (χ3v) is 4.54. The van der Waals surface area contributed by atoms with Crippen LogP contribution in [0.4, 0.5) is 4.79 Å². The highest BCUT2D eigenvalue weighted by Crippen LogP contribution is 2.35. The number of para-hydroxylation sites is 1. The van der Waals surface area contributed by atoms with Crippen molar-refractivity contribution in [2.75, 3.05) is 26.8 Å². The molecular formula is C16H22N2O3. The second kappa shape index (κ2) is 5.93. The van der Waals surface area contributed by atoms with Crippen molar-refractivity contribution < 1.29 is 14.3 Å². The number of rotatable bonds is 3. The van der Waals surface area contributed by atoms with Crippen molar-refractivity contribution in [1.82, 2.24) is 10.2 Å². The van der Waals surface area contributed by atoms with E-state index in [9.17, 15) is 4.79 Å². The van der Waals surface area contributed by atoms with Gasteiger partial charge in [0, 0.05) is 5.56 Å². The molecule has 0 aromatic heterocycles. The summed E-state index contributed by atoms with van der Waals surface area (Å²) in [5, 5.41) is 3.40. The number of hydrogen-bond acceptors (Lipinski definition) is 4. The molecule has 0 saturated carbocycles. The fourth-order valence-electron chi connectivity index (χ4n) is 3.31. The van der Waals surface area contributed by atoms with Crippen molar-refractivity contribution in [1.29, 1.82) is 0 Å². The molecule has 2 heterocycles. The monoisotopic (exact) mass is 290 g/mol. The molecule has 1 atom stereocenters. The fourth-order valence-corrected chi connectivity index (χ4v) is 3.31. The van der Waals surface area contributed by atoms with E-state index in [1.54, 1.807) is 7.11 Å². The first-order valence-electron chi connectivity index (χ1n) is 7.52. The maximum atomic E-state index is 12.2. The lowest BCUT2D eigenvalue weighted by atomic mass is 9.90. The Labute approximate surface area is 125 Å². The van der Waals surface area contributed by atoms with Gasteiger partial charge < -0.3 is 14.8 Å². The zero-order chi connectivity index (χ0) is 14.7. The lowest BCUT2D eigenvalue weighted by molar-refractivity contribution is 0.136. The minimum absolute atomic E-state index is 0.165. The molecule has 1 amide bonds. The third kappa shape index (κ3) is 2.70. The Kier molecular flexibility index (Phi) is 4.01. The molecule has 1 spiro atoms. The van der Waals surface area contributed by atoms with Crippen molar-refractivity contribution in [2.24, 2.45) is 0 Å². The molecule has 21 heavy (non-hydrogen) atoms. The zero-order valence-corrected chi connectivity index (χ0v) is 12.4. The first kappa shape index (κ1) is 14.2. The van der Waals surface area contributed by atoms with Gasteiger partial charge in [-0.3, -0.25) is 4.90 Å². The van der Waals surface area contributed by atoms with E-state index >= 15 is 0 Å². The van der Waals surface area contributed by atoms with E-state index in [4.69, 9.17) is 9.47 Å². The molecule has 2 fully saturated rings. The largest absolute Gasteiger partial charge is 0.496 e. The number of hydrogen-bond donors (Lipinski definition) is 1. The van der Waals surface area contributed by atoms with Crippen LogP contribution in [0.3, 0.4) is 0 Å². The Morgan fingerprint density at radius 1 is 1.33 bits per heavy atom. The van der Waals surface area contributed by atoms with E-state index < -0.39 is 0 Å². The highest BCUT2D eigenvalue weighted by Gasteiger charge is 2.47. The maximum Gasteiger partial charge on any atom is 0.410 e. The maximum absolute atomic E-state index is 12.2. The molecule has 114 valence electrons. The summed E-state index contributed by atoms with van der Waals surface area (Å²) in [6.45, 7) is 2.99. The molecule has 1 aromatic rings. The van der Waals surface area contributed by atoms with Crippen LogP contribution in [0.15, 0.2) is 24.3 Å². The SMILES string of the molecule is COc1ccccc1CN1C(=O)OCC12CCCNCC2. The standard InChI is InChI=1S/C16H22N2O3/c1-20-14-6-3-2-5-13(14)11-18-15(19)21-12-16(18)7-4-9-17-10-8-16/h2-3,5-6,17H,4,7-12H2,1H3. The van der Waals surface area contributed by atoms with Crippen molar-refractivity contribution >= 4 is 6.09 Å². The van der Waals surface area contributed by atoms with Crippen LogP contribution in [0.25, 0.3) is 0 Å². The second-order valence-electron chi connectivity index (χ2n) is 5.78. The van der Waals surface area contributed by atoms with E-state index in [-0.39, 0.29) is 11.6 Å². The number of cyclic esters (lactones) is 1. The lowest BCUT2D eigenvalue weighted by Gasteiger charge is -2.34. The summed E-state index contributed by atoms with van der Waals surface area (Å²) in [5.74, 6) is 0.819. The predicted molar refractivity (Wildman–Crippen MR) is 79.3 cm³/mol. The summed E-state index contributed by atoms with van der Waals surface area (Å²) in [5.41, 5.74) is 0.858. The van der Waals surface area contributed by atoms with Crippen molar-refractivity contribution in [2.45, 2.75) is 31.3 Å². The fraction of sp³-hybridized carbons (Fsp3) is 0.562. The third-order valence-electron chi connectivity index (χ3n) is 4.54. The lowest BCUT2D eigenvalue weighted by Crippen LogP contribution is -2.47. The van der Waals surface area contributed by atoms with Crippen LogP contribution in [-0.2, 0) is 11.3 Å². The van der Waals surface area contributed by atoms with Crippen LogP contribution in [0.1, 0.15) is 24.8 Å². The van der Waals surface area contributed by atoms with Crippen LogP contribution >= 0.6 is 0 Å². The van der Waals surface area contributed by atoms with Crippen molar-refractivity contribution in [3.05, 3.63) is 29.8 Å². The van der Waals surface area contributed by atoms with Crippen molar-refractivity contribution in [3.63, 3.8) is 0 Å². The number of carbonyl (C=O) groups excluding carboxylic acids is 1. The minimum Gasteiger partial charge on any atom is -0.496 e. The van der Waals surface area contributed by atoms with Gasteiger partial charge in [-0.25, -0.2) is 4.79 Å². The average Bonchev–Trinajstić information content (AvgIpc) is 2.70. The van der Waals surface area contributed by atoms with E-state index in [1.165, 1.54) is 0 Å². The van der Waals surface area contributed by atoms with E-state index in [0.717, 1.165) is 43.7 Å². The van der Waals surface area contributed by atoms with E-state index in [0.29, 0.717) is 13.2 Å². The average molecular weight is 290 g/mol. The summed E-state index contributed by atoms with van der Waals surface area (Å²) in [4.78, 5) is 14.1. The van der Waals surface area contributed by atoms with Crippen LogP contribution < -0.4 is 10.1 Å². The molecule has 2 saturated heterocycles. The number of benzene rings is 1. The Morgan fingerprint density at radius 2 is 2.19 bits per heavy atom. The van der Waals surface area contributed by atoms with Crippen LogP contribution in [0.2, 0.25) is 0 Å². The minimum atomic E-state index is -0.206. The van der Waals surface area contributed by atoms with E-state index in [2.05, 4.69) is 5.32 Å². The topological polar surface area (TPSA) is 50.8 Å². The molecule has 2 aliphatic rings. The molecule has 1 N–H and O–H groups in total. The van der Waals surface area contributed by atoms with Crippen LogP contribution in [-0.4, -0.2) is 43.3 Å². The van der Waals surface area contributed by atoms with Gasteiger partial charge in [-0.1, -0.05) is 18.2 Å². The van der Waals surface area contributed by atoms with Gasteiger partial charge in [0.1, 0.15) is 12.4 Å². The van der Waals surface area contributed by atoms with Crippen LogP contribution in [0, 0.1) is 0 Å². The van der Waals surface area contributed by atoms with Gasteiger partial charge in [0.2, 0.25) is 0 Å². The molecule has 0 radical (unpaired) electrons.